The van der Waals surface area contributed by atoms with Gasteiger partial charge < -0.3 is 9.84 Å². The van der Waals surface area contributed by atoms with Crippen molar-refractivity contribution in [2.24, 2.45) is 0 Å². The largest absolute Gasteiger partial charge is 0.479 e. The quantitative estimate of drug-likeness (QED) is 0.616. The number of H-pyrrole nitrogens is 1. The molecule has 0 saturated carbocycles. The zero-order chi connectivity index (χ0) is 7.40. The third-order valence-corrected chi connectivity index (χ3v) is 0.819. The standard InChI is InChI=1S/C5H6N2O3/c8-5(9)3-10-4-1-2-6-7-4/h1-2H,3H2,(H,6,7)(H,8,9). The fourth-order valence-corrected chi connectivity index (χ4v) is 0.463. The van der Waals surface area contributed by atoms with Gasteiger partial charge in [-0.15, -0.1) is 5.10 Å². The molecule has 1 aromatic heterocycles. The van der Waals surface area contributed by atoms with Crippen molar-refractivity contribution in [1.29, 1.82) is 0 Å². The van der Waals surface area contributed by atoms with Crippen molar-refractivity contribution in [1.82, 2.24) is 10.2 Å². The Morgan fingerprint density at radius 2 is 2.70 bits per heavy atom. The van der Waals surface area contributed by atoms with Crippen molar-refractivity contribution < 1.29 is 14.6 Å². The molecule has 0 aromatic carbocycles. The number of aliphatic carboxylic acids is 1. The molecule has 0 saturated heterocycles. The van der Waals surface area contributed by atoms with Gasteiger partial charge >= 0.3 is 5.97 Å². The fourth-order valence-electron chi connectivity index (χ4n) is 0.463. The number of aromatic nitrogens is 2. The number of hydrogen-bond donors (Lipinski definition) is 2. The monoisotopic (exact) mass is 142 g/mol. The first-order chi connectivity index (χ1) is 4.79. The van der Waals surface area contributed by atoms with Gasteiger partial charge in [-0.25, -0.2) is 4.79 Å². The van der Waals surface area contributed by atoms with Crippen LogP contribution in [0.2, 0.25) is 0 Å². The number of nitrogens with one attached hydrogen (secondary N) is 1. The zero-order valence-corrected chi connectivity index (χ0v) is 5.07. The third kappa shape index (κ3) is 1.77. The molecule has 1 aromatic rings. The van der Waals surface area contributed by atoms with E-state index in [0.29, 0.717) is 5.88 Å². The van der Waals surface area contributed by atoms with Gasteiger partial charge in [0.1, 0.15) is 0 Å². The first-order valence-electron chi connectivity index (χ1n) is 2.63. The van der Waals surface area contributed by atoms with Crippen LogP contribution in [0.25, 0.3) is 0 Å². The highest BCUT2D eigenvalue weighted by molar-refractivity contribution is 5.68. The molecule has 0 bridgehead atoms. The van der Waals surface area contributed by atoms with Crippen molar-refractivity contribution >= 4 is 5.97 Å². The Balaban J connectivity index is 2.35. The average molecular weight is 142 g/mol. The summed E-state index contributed by atoms with van der Waals surface area (Å²) >= 11 is 0. The van der Waals surface area contributed by atoms with Gasteiger partial charge in [0.25, 0.3) is 0 Å². The highest BCUT2D eigenvalue weighted by atomic mass is 16.5. The molecule has 5 heteroatoms. The number of hydrogen-bond acceptors (Lipinski definition) is 3. The van der Waals surface area contributed by atoms with Crippen molar-refractivity contribution in [2.75, 3.05) is 6.61 Å². The summed E-state index contributed by atoms with van der Waals surface area (Å²) in [5.41, 5.74) is 0. The minimum absolute atomic E-state index is 0.294. The summed E-state index contributed by atoms with van der Waals surface area (Å²) in [6, 6.07) is 1.54. The first-order valence-corrected chi connectivity index (χ1v) is 2.63. The van der Waals surface area contributed by atoms with Crippen LogP contribution in [-0.4, -0.2) is 27.9 Å². The summed E-state index contributed by atoms with van der Waals surface area (Å²) in [4.78, 5) is 9.93. The number of nitrogens with zero attached hydrogens (tertiary/aromatic N) is 1. The number of carboxylic acids is 1. The smallest absolute Gasteiger partial charge is 0.341 e. The Labute approximate surface area is 56.6 Å². The van der Waals surface area contributed by atoms with E-state index in [4.69, 9.17) is 5.11 Å². The normalized spacial score (nSPS) is 9.20. The SMILES string of the molecule is O=C(O)COc1cc[nH]n1. The van der Waals surface area contributed by atoms with E-state index in [1.165, 1.54) is 0 Å². The Morgan fingerprint density at radius 3 is 3.20 bits per heavy atom. The third-order valence-electron chi connectivity index (χ3n) is 0.819. The van der Waals surface area contributed by atoms with Crippen LogP contribution >= 0.6 is 0 Å². The molecule has 0 aliphatic carbocycles. The number of carbonyl (C=O) groups is 1. The molecule has 1 rings (SSSR count). The van der Waals surface area contributed by atoms with Gasteiger partial charge in [0, 0.05) is 12.3 Å². The number of aromatic amines is 1. The first kappa shape index (κ1) is 6.60. The molecule has 0 radical (unpaired) electrons. The molecule has 0 atom stereocenters. The average Bonchev–Trinajstić information content (AvgIpc) is 2.34. The second-order valence-electron chi connectivity index (χ2n) is 1.59. The van der Waals surface area contributed by atoms with Crippen LogP contribution in [0, 0.1) is 0 Å². The summed E-state index contributed by atoms with van der Waals surface area (Å²) in [6.45, 7) is -0.356. The van der Waals surface area contributed by atoms with Crippen LogP contribution in [0.4, 0.5) is 0 Å². The van der Waals surface area contributed by atoms with Crippen LogP contribution < -0.4 is 4.74 Å². The molecule has 2 N–H and O–H groups in total. The van der Waals surface area contributed by atoms with Gasteiger partial charge in [-0.05, 0) is 0 Å². The number of ether oxygens (including phenoxy) is 1. The van der Waals surface area contributed by atoms with E-state index in [9.17, 15) is 4.79 Å². The van der Waals surface area contributed by atoms with Crippen LogP contribution in [0.3, 0.4) is 0 Å². The minimum atomic E-state index is -1.01. The molecule has 0 aliphatic heterocycles. The Kier molecular flexibility index (Phi) is 1.89. The van der Waals surface area contributed by atoms with Crippen molar-refractivity contribution in [2.45, 2.75) is 0 Å². The van der Waals surface area contributed by atoms with Gasteiger partial charge in [0.15, 0.2) is 6.61 Å². The van der Waals surface area contributed by atoms with E-state index < -0.39 is 5.97 Å². The lowest BCUT2D eigenvalue weighted by atomic mass is 10.7. The zero-order valence-electron chi connectivity index (χ0n) is 5.07. The maximum absolute atomic E-state index is 9.93. The molecule has 1 heterocycles. The predicted octanol–water partition coefficient (Wildman–Crippen LogP) is -0.127. The van der Waals surface area contributed by atoms with Gasteiger partial charge in [-0.2, -0.15) is 0 Å². The second-order valence-corrected chi connectivity index (χ2v) is 1.59. The highest BCUT2D eigenvalue weighted by Gasteiger charge is 1.98. The molecule has 54 valence electrons. The maximum Gasteiger partial charge on any atom is 0.341 e. The summed E-state index contributed by atoms with van der Waals surface area (Å²) in [6.07, 6.45) is 1.55. The lowest BCUT2D eigenvalue weighted by Gasteiger charge is -1.94. The summed E-state index contributed by atoms with van der Waals surface area (Å²) in [7, 11) is 0. The van der Waals surface area contributed by atoms with Gasteiger partial charge in [0.05, 0.1) is 0 Å². The minimum Gasteiger partial charge on any atom is -0.479 e. The Hall–Kier alpha value is -1.52. The molecule has 0 spiro atoms. The van der Waals surface area contributed by atoms with Crippen molar-refractivity contribution in [3.63, 3.8) is 0 Å². The van der Waals surface area contributed by atoms with Crippen molar-refractivity contribution in [3.8, 4) is 5.88 Å². The molecule has 0 aliphatic rings. The topological polar surface area (TPSA) is 75.2 Å². The van der Waals surface area contributed by atoms with E-state index in [1.54, 1.807) is 12.3 Å². The summed E-state index contributed by atoms with van der Waals surface area (Å²) < 4.78 is 4.67. The second kappa shape index (κ2) is 2.86. The van der Waals surface area contributed by atoms with Crippen LogP contribution in [-0.2, 0) is 4.79 Å². The Bertz CT molecular complexity index is 207. The lowest BCUT2D eigenvalue weighted by molar-refractivity contribution is -0.139. The summed E-state index contributed by atoms with van der Waals surface area (Å²) in [5, 5.41) is 14.2. The van der Waals surface area contributed by atoms with Crippen LogP contribution in [0.5, 0.6) is 5.88 Å². The fraction of sp³-hybridized carbons (Fsp3) is 0.200. The van der Waals surface area contributed by atoms with E-state index in [-0.39, 0.29) is 6.61 Å². The molecular formula is C5H6N2O3. The van der Waals surface area contributed by atoms with E-state index in [0.717, 1.165) is 0 Å². The molecule has 10 heavy (non-hydrogen) atoms. The lowest BCUT2D eigenvalue weighted by Crippen LogP contribution is -2.09. The van der Waals surface area contributed by atoms with Crippen LogP contribution in [0.1, 0.15) is 0 Å². The molecule has 0 fully saturated rings. The summed E-state index contributed by atoms with van der Waals surface area (Å²) in [5.74, 6) is -0.717. The van der Waals surface area contributed by atoms with Gasteiger partial charge in [0.2, 0.25) is 5.88 Å². The van der Waals surface area contributed by atoms with Crippen molar-refractivity contribution in [3.05, 3.63) is 12.3 Å². The maximum atomic E-state index is 9.93. The molecule has 0 unspecified atom stereocenters. The predicted molar refractivity (Wildman–Crippen MR) is 31.7 cm³/mol. The van der Waals surface area contributed by atoms with E-state index in [2.05, 4.69) is 14.9 Å². The molecular weight excluding hydrogens is 136 g/mol. The van der Waals surface area contributed by atoms with Gasteiger partial charge in [-0.3, -0.25) is 5.10 Å². The van der Waals surface area contributed by atoms with E-state index in [1.807, 2.05) is 0 Å². The number of rotatable bonds is 3. The number of carboxylic acid groups (broad SMARTS) is 1. The molecule has 5 nitrogen and oxygen atoms in total. The van der Waals surface area contributed by atoms with E-state index >= 15 is 0 Å². The molecule has 0 amide bonds. The van der Waals surface area contributed by atoms with Gasteiger partial charge in [-0.1, -0.05) is 0 Å². The Morgan fingerprint density at radius 1 is 1.90 bits per heavy atom. The highest BCUT2D eigenvalue weighted by Crippen LogP contribution is 2.00. The van der Waals surface area contributed by atoms with Crippen LogP contribution in [0.15, 0.2) is 12.3 Å².